The van der Waals surface area contributed by atoms with Gasteiger partial charge in [0.2, 0.25) is 0 Å². The van der Waals surface area contributed by atoms with Gasteiger partial charge in [-0.1, -0.05) is 22.0 Å². The molecule has 0 saturated carbocycles. The highest BCUT2D eigenvalue weighted by Crippen LogP contribution is 2.25. The van der Waals surface area contributed by atoms with Gasteiger partial charge in [-0.2, -0.15) is 0 Å². The maximum Gasteiger partial charge on any atom is 0.274 e. The Kier molecular flexibility index (Phi) is 5.33. The SMILES string of the molecule is CCOc1ccc(NC(=O)c2ncccc2C)cc1CBr. The Morgan fingerprint density at radius 1 is 1.38 bits per heavy atom. The summed E-state index contributed by atoms with van der Waals surface area (Å²) in [5.74, 6) is 0.610. The van der Waals surface area contributed by atoms with Crippen molar-refractivity contribution < 1.29 is 9.53 Å². The second kappa shape index (κ2) is 7.22. The van der Waals surface area contributed by atoms with Crippen molar-refractivity contribution in [3.63, 3.8) is 0 Å². The van der Waals surface area contributed by atoms with Gasteiger partial charge in [0.15, 0.2) is 0 Å². The fourth-order valence-electron chi connectivity index (χ4n) is 1.97. The molecule has 0 aliphatic rings. The molecule has 0 saturated heterocycles. The van der Waals surface area contributed by atoms with Crippen molar-refractivity contribution in [3.05, 3.63) is 53.3 Å². The molecule has 0 aliphatic carbocycles. The molecule has 0 radical (unpaired) electrons. The molecule has 0 atom stereocenters. The van der Waals surface area contributed by atoms with Gasteiger partial charge in [-0.15, -0.1) is 0 Å². The van der Waals surface area contributed by atoms with E-state index in [9.17, 15) is 4.79 Å². The summed E-state index contributed by atoms with van der Waals surface area (Å²) in [6.45, 7) is 4.42. The third kappa shape index (κ3) is 3.82. The average molecular weight is 349 g/mol. The zero-order valence-corrected chi connectivity index (χ0v) is 13.6. The monoisotopic (exact) mass is 348 g/mol. The Labute approximate surface area is 132 Å². The molecule has 0 bridgehead atoms. The minimum atomic E-state index is -0.210. The predicted molar refractivity (Wildman–Crippen MR) is 87.2 cm³/mol. The van der Waals surface area contributed by atoms with Gasteiger partial charge in [0, 0.05) is 22.8 Å². The van der Waals surface area contributed by atoms with Crippen LogP contribution in [0.25, 0.3) is 0 Å². The number of halogens is 1. The van der Waals surface area contributed by atoms with Crippen LogP contribution in [-0.2, 0) is 5.33 Å². The summed E-state index contributed by atoms with van der Waals surface area (Å²) in [7, 11) is 0. The van der Waals surface area contributed by atoms with Crippen molar-refractivity contribution in [1.82, 2.24) is 4.98 Å². The van der Waals surface area contributed by atoms with E-state index in [1.165, 1.54) is 0 Å². The zero-order valence-electron chi connectivity index (χ0n) is 12.0. The number of hydrogen-bond acceptors (Lipinski definition) is 3. The van der Waals surface area contributed by atoms with Crippen molar-refractivity contribution in [2.24, 2.45) is 0 Å². The fraction of sp³-hybridized carbons (Fsp3) is 0.250. The van der Waals surface area contributed by atoms with E-state index >= 15 is 0 Å². The van der Waals surface area contributed by atoms with Crippen LogP contribution < -0.4 is 10.1 Å². The number of hydrogen-bond donors (Lipinski definition) is 1. The highest BCUT2D eigenvalue weighted by atomic mass is 79.9. The first-order chi connectivity index (χ1) is 10.2. The molecule has 0 fully saturated rings. The van der Waals surface area contributed by atoms with Crippen molar-refractivity contribution in [3.8, 4) is 5.75 Å². The number of ether oxygens (including phenoxy) is 1. The standard InChI is InChI=1S/C16H17BrN2O2/c1-3-21-14-7-6-13(9-12(14)10-17)19-16(20)15-11(2)5-4-8-18-15/h4-9H,3,10H2,1-2H3,(H,19,20). The van der Waals surface area contributed by atoms with Crippen LogP contribution in [0.3, 0.4) is 0 Å². The molecule has 1 aromatic heterocycles. The molecule has 0 unspecified atom stereocenters. The normalized spacial score (nSPS) is 10.2. The van der Waals surface area contributed by atoms with E-state index in [0.29, 0.717) is 17.6 Å². The third-order valence-corrected chi connectivity index (χ3v) is 3.59. The number of benzene rings is 1. The number of aryl methyl sites for hydroxylation is 1. The molecule has 1 aromatic carbocycles. The summed E-state index contributed by atoms with van der Waals surface area (Å²) in [5, 5.41) is 3.53. The molecular formula is C16H17BrN2O2. The van der Waals surface area contributed by atoms with Crippen molar-refractivity contribution >= 4 is 27.5 Å². The molecule has 21 heavy (non-hydrogen) atoms. The van der Waals surface area contributed by atoms with Crippen LogP contribution in [0.2, 0.25) is 0 Å². The summed E-state index contributed by atoms with van der Waals surface area (Å²) >= 11 is 3.43. The molecule has 110 valence electrons. The molecule has 0 aliphatic heterocycles. The lowest BCUT2D eigenvalue weighted by Gasteiger charge is -2.11. The fourth-order valence-corrected chi connectivity index (χ4v) is 2.41. The van der Waals surface area contributed by atoms with Crippen LogP contribution in [0.15, 0.2) is 36.5 Å². The number of nitrogens with one attached hydrogen (secondary N) is 1. The highest BCUT2D eigenvalue weighted by Gasteiger charge is 2.11. The number of amides is 1. The Bertz CT molecular complexity index is 644. The van der Waals surface area contributed by atoms with Gasteiger partial charge >= 0.3 is 0 Å². The van der Waals surface area contributed by atoms with E-state index < -0.39 is 0 Å². The van der Waals surface area contributed by atoms with E-state index in [1.807, 2.05) is 44.2 Å². The summed E-state index contributed by atoms with van der Waals surface area (Å²) in [4.78, 5) is 16.3. The Hall–Kier alpha value is -1.88. The molecule has 4 nitrogen and oxygen atoms in total. The summed E-state index contributed by atoms with van der Waals surface area (Å²) < 4.78 is 5.54. The van der Waals surface area contributed by atoms with Crippen molar-refractivity contribution in [1.29, 1.82) is 0 Å². The maximum atomic E-state index is 12.2. The van der Waals surface area contributed by atoms with Gasteiger partial charge in [-0.3, -0.25) is 9.78 Å². The van der Waals surface area contributed by atoms with Gasteiger partial charge in [-0.05, 0) is 43.7 Å². The van der Waals surface area contributed by atoms with Gasteiger partial charge in [0.05, 0.1) is 6.61 Å². The second-order valence-corrected chi connectivity index (χ2v) is 5.07. The maximum absolute atomic E-state index is 12.2. The molecule has 2 rings (SSSR count). The molecule has 1 amide bonds. The quantitative estimate of drug-likeness (QED) is 0.832. The summed E-state index contributed by atoms with van der Waals surface area (Å²) in [6.07, 6.45) is 1.62. The average Bonchev–Trinajstić information content (AvgIpc) is 2.49. The van der Waals surface area contributed by atoms with Crippen molar-refractivity contribution in [2.45, 2.75) is 19.2 Å². The van der Waals surface area contributed by atoms with Crippen LogP contribution in [0.1, 0.15) is 28.5 Å². The molecule has 2 aromatic rings. The van der Waals surface area contributed by atoms with E-state index in [2.05, 4.69) is 26.2 Å². The number of pyridine rings is 1. The number of alkyl halides is 1. The Balaban J connectivity index is 2.20. The van der Waals surface area contributed by atoms with Gasteiger partial charge < -0.3 is 10.1 Å². The lowest BCUT2D eigenvalue weighted by molar-refractivity contribution is 0.102. The van der Waals surface area contributed by atoms with Crippen LogP contribution in [0.5, 0.6) is 5.75 Å². The third-order valence-electron chi connectivity index (χ3n) is 2.99. The van der Waals surface area contributed by atoms with Crippen LogP contribution in [-0.4, -0.2) is 17.5 Å². The number of anilines is 1. The van der Waals surface area contributed by atoms with E-state index in [1.54, 1.807) is 6.20 Å². The Morgan fingerprint density at radius 3 is 2.86 bits per heavy atom. The largest absolute Gasteiger partial charge is 0.494 e. The smallest absolute Gasteiger partial charge is 0.274 e. The first-order valence-corrected chi connectivity index (χ1v) is 7.82. The minimum absolute atomic E-state index is 0.210. The number of carbonyl (C=O) groups is 1. The molecule has 0 spiro atoms. The topological polar surface area (TPSA) is 51.2 Å². The zero-order chi connectivity index (χ0) is 15.2. The number of aromatic nitrogens is 1. The lowest BCUT2D eigenvalue weighted by Crippen LogP contribution is -2.15. The minimum Gasteiger partial charge on any atom is -0.494 e. The number of carbonyl (C=O) groups excluding carboxylic acids is 1. The van der Waals surface area contributed by atoms with Gasteiger partial charge in [0.1, 0.15) is 11.4 Å². The highest BCUT2D eigenvalue weighted by molar-refractivity contribution is 9.08. The van der Waals surface area contributed by atoms with Gasteiger partial charge in [0.25, 0.3) is 5.91 Å². The lowest BCUT2D eigenvalue weighted by atomic mass is 10.1. The molecule has 1 N–H and O–H groups in total. The second-order valence-electron chi connectivity index (χ2n) is 4.51. The summed E-state index contributed by atoms with van der Waals surface area (Å²) in [5.41, 5.74) is 3.00. The number of nitrogens with zero attached hydrogens (tertiary/aromatic N) is 1. The molecule has 1 heterocycles. The van der Waals surface area contributed by atoms with Crippen LogP contribution in [0.4, 0.5) is 5.69 Å². The van der Waals surface area contributed by atoms with E-state index in [4.69, 9.17) is 4.74 Å². The molecule has 5 heteroatoms. The summed E-state index contributed by atoms with van der Waals surface area (Å²) in [6, 6.07) is 9.26. The first kappa shape index (κ1) is 15.5. The number of rotatable bonds is 5. The predicted octanol–water partition coefficient (Wildman–Crippen LogP) is 3.94. The Morgan fingerprint density at radius 2 is 2.19 bits per heavy atom. The van der Waals surface area contributed by atoms with E-state index in [-0.39, 0.29) is 5.91 Å². The van der Waals surface area contributed by atoms with E-state index in [0.717, 1.165) is 22.6 Å². The van der Waals surface area contributed by atoms with Crippen LogP contribution in [0, 0.1) is 6.92 Å². The first-order valence-electron chi connectivity index (χ1n) is 6.70. The van der Waals surface area contributed by atoms with Crippen LogP contribution >= 0.6 is 15.9 Å². The van der Waals surface area contributed by atoms with Crippen molar-refractivity contribution in [2.75, 3.05) is 11.9 Å². The molecular weight excluding hydrogens is 332 g/mol. The van der Waals surface area contributed by atoms with Gasteiger partial charge in [-0.25, -0.2) is 0 Å².